The van der Waals surface area contributed by atoms with E-state index in [1.54, 1.807) is 0 Å². The Kier molecular flexibility index (Phi) is 5.47. The molecule has 0 N–H and O–H groups in total. The second kappa shape index (κ2) is 10.3. The van der Waals surface area contributed by atoms with Crippen molar-refractivity contribution in [1.82, 2.24) is 9.13 Å². The van der Waals surface area contributed by atoms with E-state index in [4.69, 9.17) is 8.83 Å². The van der Waals surface area contributed by atoms with Gasteiger partial charge in [0.15, 0.2) is 0 Å². The zero-order valence-electron chi connectivity index (χ0n) is 27.9. The van der Waals surface area contributed by atoms with Crippen LogP contribution in [0.2, 0.25) is 0 Å². The van der Waals surface area contributed by atoms with Crippen LogP contribution in [-0.4, -0.2) is 9.13 Å². The summed E-state index contributed by atoms with van der Waals surface area (Å²) in [6.45, 7) is 0. The van der Waals surface area contributed by atoms with E-state index in [-0.39, 0.29) is 0 Å². The van der Waals surface area contributed by atoms with Gasteiger partial charge in [0.1, 0.15) is 22.3 Å². The monoisotopic (exact) mass is 664 g/mol. The van der Waals surface area contributed by atoms with Crippen LogP contribution in [0.5, 0.6) is 0 Å². The predicted octanol–water partition coefficient (Wildman–Crippen LogP) is 13.3. The van der Waals surface area contributed by atoms with Crippen LogP contribution >= 0.6 is 0 Å². The summed E-state index contributed by atoms with van der Waals surface area (Å²) >= 11 is 0. The van der Waals surface area contributed by atoms with E-state index in [2.05, 4.69) is 161 Å². The molecular weight excluding hydrogens is 637 g/mol. The van der Waals surface area contributed by atoms with Crippen LogP contribution in [0.15, 0.2) is 179 Å². The number of hydrogen-bond acceptors (Lipinski definition) is 2. The van der Waals surface area contributed by atoms with Gasteiger partial charge in [0, 0.05) is 54.5 Å². The number of aromatic nitrogens is 2. The average molecular weight is 665 g/mol. The zero-order chi connectivity index (χ0) is 33.9. The molecule has 0 bridgehead atoms. The molecule has 12 aromatic rings. The number of nitrogens with zero attached hydrogens (tertiary/aromatic N) is 2. The highest BCUT2D eigenvalue weighted by atomic mass is 16.3. The van der Waals surface area contributed by atoms with Crippen LogP contribution in [0.3, 0.4) is 0 Å². The lowest BCUT2D eigenvalue weighted by molar-refractivity contribution is 0.664. The number of rotatable bonds is 3. The molecule has 0 aliphatic carbocycles. The van der Waals surface area contributed by atoms with E-state index in [1.807, 2.05) is 18.2 Å². The maximum atomic E-state index is 6.45. The summed E-state index contributed by atoms with van der Waals surface area (Å²) in [6, 6.07) is 60.8. The fourth-order valence-electron chi connectivity index (χ4n) is 8.56. The molecule has 8 aromatic carbocycles. The first kappa shape index (κ1) is 27.7. The highest BCUT2D eigenvalue weighted by Crippen LogP contribution is 2.41. The second-order valence-corrected chi connectivity index (χ2v) is 13.7. The number of benzene rings is 8. The lowest BCUT2D eigenvalue weighted by Gasteiger charge is -2.10. The molecule has 0 unspecified atom stereocenters. The first-order chi connectivity index (χ1) is 25.8. The Morgan fingerprint density at radius 2 is 0.808 bits per heavy atom. The fraction of sp³-hybridized carbons (Fsp3) is 0. The van der Waals surface area contributed by atoms with Crippen molar-refractivity contribution in [3.05, 3.63) is 170 Å². The highest BCUT2D eigenvalue weighted by Gasteiger charge is 2.18. The van der Waals surface area contributed by atoms with E-state index in [0.29, 0.717) is 0 Å². The van der Waals surface area contributed by atoms with Crippen LogP contribution in [0, 0.1) is 0 Å². The Morgan fingerprint density at radius 3 is 1.60 bits per heavy atom. The molecule has 242 valence electrons. The van der Waals surface area contributed by atoms with Gasteiger partial charge >= 0.3 is 0 Å². The van der Waals surface area contributed by atoms with E-state index in [9.17, 15) is 0 Å². The summed E-state index contributed by atoms with van der Waals surface area (Å²) in [6.07, 6.45) is 0. The summed E-state index contributed by atoms with van der Waals surface area (Å²) in [5.74, 6) is 0. The smallest absolute Gasteiger partial charge is 0.136 e. The average Bonchev–Trinajstić information content (AvgIpc) is 3.94. The van der Waals surface area contributed by atoms with Crippen molar-refractivity contribution in [2.45, 2.75) is 0 Å². The summed E-state index contributed by atoms with van der Waals surface area (Å²) < 4.78 is 17.5. The first-order valence-corrected chi connectivity index (χ1v) is 17.7. The highest BCUT2D eigenvalue weighted by molar-refractivity contribution is 6.16. The van der Waals surface area contributed by atoms with Gasteiger partial charge in [-0.25, -0.2) is 0 Å². The van der Waals surface area contributed by atoms with E-state index in [0.717, 1.165) is 60.8 Å². The third-order valence-electron chi connectivity index (χ3n) is 10.9. The van der Waals surface area contributed by atoms with E-state index >= 15 is 0 Å². The first-order valence-electron chi connectivity index (χ1n) is 17.7. The summed E-state index contributed by atoms with van der Waals surface area (Å²) in [5, 5.41) is 9.23. The molecule has 4 heterocycles. The Morgan fingerprint density at radius 1 is 0.269 bits per heavy atom. The number of para-hydroxylation sites is 4. The van der Waals surface area contributed by atoms with Gasteiger partial charge in [-0.3, -0.25) is 0 Å². The molecule has 0 atom stereocenters. The minimum absolute atomic E-state index is 0.861. The molecule has 0 aliphatic rings. The maximum Gasteiger partial charge on any atom is 0.136 e. The lowest BCUT2D eigenvalue weighted by atomic mass is 10.0. The molecule has 52 heavy (non-hydrogen) atoms. The van der Waals surface area contributed by atoms with Crippen molar-refractivity contribution in [2.75, 3.05) is 0 Å². The van der Waals surface area contributed by atoms with Crippen molar-refractivity contribution >= 4 is 87.5 Å². The topological polar surface area (TPSA) is 36.1 Å². The Bertz CT molecular complexity index is 3410. The molecule has 0 spiro atoms. The van der Waals surface area contributed by atoms with Gasteiger partial charge in [-0.2, -0.15) is 0 Å². The molecule has 0 aliphatic heterocycles. The SMILES string of the molecule is c1ccc(-n2c3ccccc3c3cc(-c4ccc5c6ccccc6n(-c6ccc7oc8cc9c(cc8c7c6)oc6ccccc69)c5c4)ccc32)cc1. The van der Waals surface area contributed by atoms with E-state index in [1.165, 1.54) is 49.2 Å². The summed E-state index contributed by atoms with van der Waals surface area (Å²) in [7, 11) is 0. The van der Waals surface area contributed by atoms with Crippen molar-refractivity contribution < 1.29 is 8.83 Å². The van der Waals surface area contributed by atoms with Gasteiger partial charge in [0.2, 0.25) is 0 Å². The molecule has 0 amide bonds. The molecule has 4 heteroatoms. The third-order valence-corrected chi connectivity index (χ3v) is 10.9. The van der Waals surface area contributed by atoms with Gasteiger partial charge in [-0.15, -0.1) is 0 Å². The molecule has 4 aromatic heterocycles. The van der Waals surface area contributed by atoms with Crippen LogP contribution in [0.1, 0.15) is 0 Å². The molecular formula is C48H28N2O2. The Balaban J connectivity index is 1.06. The molecule has 4 nitrogen and oxygen atoms in total. The van der Waals surface area contributed by atoms with Gasteiger partial charge in [0.25, 0.3) is 0 Å². The largest absolute Gasteiger partial charge is 0.456 e. The van der Waals surface area contributed by atoms with Crippen molar-refractivity contribution in [3.8, 4) is 22.5 Å². The summed E-state index contributed by atoms with van der Waals surface area (Å²) in [5.41, 5.74) is 12.8. The van der Waals surface area contributed by atoms with Crippen molar-refractivity contribution in [3.63, 3.8) is 0 Å². The standard InChI is InChI=1S/C48H28N2O2/c1-2-10-31(11-3-1)49-42-16-8-5-13-34(42)37-24-29(19-22-43(37)49)30-18-21-35-33-12-4-7-15-41(33)50(44(35)25-30)32-20-23-46-38(26-32)40-28-47-39(27-48(40)52-46)36-14-6-9-17-45(36)51-47/h1-28H. The molecule has 0 saturated heterocycles. The lowest BCUT2D eigenvalue weighted by Crippen LogP contribution is -1.94. The predicted molar refractivity (Wildman–Crippen MR) is 215 cm³/mol. The number of furan rings is 2. The fourth-order valence-corrected chi connectivity index (χ4v) is 8.56. The van der Waals surface area contributed by atoms with Gasteiger partial charge in [-0.1, -0.05) is 91.0 Å². The summed E-state index contributed by atoms with van der Waals surface area (Å²) in [4.78, 5) is 0. The Labute approximate surface area is 296 Å². The minimum Gasteiger partial charge on any atom is -0.456 e. The minimum atomic E-state index is 0.861. The molecule has 0 saturated carbocycles. The van der Waals surface area contributed by atoms with Gasteiger partial charge < -0.3 is 18.0 Å². The maximum absolute atomic E-state index is 6.45. The quantitative estimate of drug-likeness (QED) is 0.188. The van der Waals surface area contributed by atoms with Crippen LogP contribution < -0.4 is 0 Å². The second-order valence-electron chi connectivity index (χ2n) is 13.7. The van der Waals surface area contributed by atoms with Gasteiger partial charge in [-0.05, 0) is 90.0 Å². The van der Waals surface area contributed by atoms with Crippen LogP contribution in [-0.2, 0) is 0 Å². The Hall–Kier alpha value is -7.04. The van der Waals surface area contributed by atoms with E-state index < -0.39 is 0 Å². The van der Waals surface area contributed by atoms with Crippen LogP contribution in [0.25, 0.3) is 110 Å². The van der Waals surface area contributed by atoms with Crippen LogP contribution in [0.4, 0.5) is 0 Å². The van der Waals surface area contributed by atoms with Crippen molar-refractivity contribution in [1.29, 1.82) is 0 Å². The molecule has 12 rings (SSSR count). The van der Waals surface area contributed by atoms with Crippen molar-refractivity contribution in [2.24, 2.45) is 0 Å². The van der Waals surface area contributed by atoms with Gasteiger partial charge in [0.05, 0.1) is 22.1 Å². The number of hydrogen-bond donors (Lipinski definition) is 0. The third kappa shape index (κ3) is 3.81. The normalized spacial score (nSPS) is 12.2. The molecule has 0 radical (unpaired) electrons. The molecule has 0 fully saturated rings. The zero-order valence-corrected chi connectivity index (χ0v) is 27.9. The number of fused-ring (bicyclic) bond motifs is 12.